The number of benzene rings is 1. The second-order valence-electron chi connectivity index (χ2n) is 4.35. The number of hydrogen-bond donors (Lipinski definition) is 1. The Hall–Kier alpha value is -1.52. The molecule has 0 aliphatic heterocycles. The fourth-order valence-corrected chi connectivity index (χ4v) is 3.14. The number of hydrogen-bond acceptors (Lipinski definition) is 4. The van der Waals surface area contributed by atoms with E-state index in [0.717, 1.165) is 18.0 Å². The van der Waals surface area contributed by atoms with E-state index in [4.69, 9.17) is 9.47 Å². The van der Waals surface area contributed by atoms with E-state index in [2.05, 4.69) is 29.8 Å². The Bertz CT molecular complexity index is 522. The minimum absolute atomic E-state index is 0.158. The van der Waals surface area contributed by atoms with E-state index < -0.39 is 0 Å². The lowest BCUT2D eigenvalue weighted by Gasteiger charge is -2.19. The van der Waals surface area contributed by atoms with Crippen molar-refractivity contribution in [1.29, 1.82) is 0 Å². The molecule has 0 radical (unpaired) electrons. The van der Waals surface area contributed by atoms with Crippen LogP contribution in [-0.4, -0.2) is 20.3 Å². The third kappa shape index (κ3) is 3.32. The number of nitrogens with one attached hydrogen (secondary N) is 1. The molecule has 0 aliphatic carbocycles. The van der Waals surface area contributed by atoms with Gasteiger partial charge in [0.05, 0.1) is 24.6 Å². The predicted molar refractivity (Wildman–Crippen MR) is 84.0 cm³/mol. The van der Waals surface area contributed by atoms with E-state index in [1.807, 2.05) is 25.1 Å². The fourth-order valence-electron chi connectivity index (χ4n) is 2.18. The van der Waals surface area contributed by atoms with Crippen molar-refractivity contribution in [2.75, 3.05) is 20.3 Å². The van der Waals surface area contributed by atoms with Gasteiger partial charge < -0.3 is 14.8 Å². The Morgan fingerprint density at radius 1 is 1.15 bits per heavy atom. The van der Waals surface area contributed by atoms with Gasteiger partial charge in [-0.15, -0.1) is 11.3 Å². The van der Waals surface area contributed by atoms with Crippen LogP contribution in [0.4, 0.5) is 0 Å². The Labute approximate surface area is 124 Å². The molecule has 1 unspecified atom stereocenters. The summed E-state index contributed by atoms with van der Waals surface area (Å²) in [5.41, 5.74) is 1.22. The minimum atomic E-state index is 0.158. The minimum Gasteiger partial charge on any atom is -0.496 e. The molecule has 1 aromatic carbocycles. The molecular formula is C16H21NO2S. The van der Waals surface area contributed by atoms with Gasteiger partial charge in [0.25, 0.3) is 0 Å². The SMILES string of the molecule is CCNC(c1ccc(OCC)cc1)c1sccc1OC. The molecule has 0 amide bonds. The lowest BCUT2D eigenvalue weighted by atomic mass is 10.0. The van der Waals surface area contributed by atoms with Crippen LogP contribution in [0.15, 0.2) is 35.7 Å². The molecule has 0 saturated heterocycles. The zero-order valence-electron chi connectivity index (χ0n) is 12.2. The second kappa shape index (κ2) is 7.31. The normalized spacial score (nSPS) is 12.2. The van der Waals surface area contributed by atoms with Gasteiger partial charge in [-0.05, 0) is 42.6 Å². The number of methoxy groups -OCH3 is 1. The standard InChI is InChI=1S/C16H21NO2S/c1-4-17-15(16-14(18-3)10-11-20-16)12-6-8-13(9-7-12)19-5-2/h6-11,15,17H,4-5H2,1-3H3. The average Bonchev–Trinajstić information content (AvgIpc) is 2.94. The van der Waals surface area contributed by atoms with E-state index in [0.29, 0.717) is 6.61 Å². The van der Waals surface area contributed by atoms with E-state index in [-0.39, 0.29) is 6.04 Å². The highest BCUT2D eigenvalue weighted by Gasteiger charge is 2.18. The molecular weight excluding hydrogens is 270 g/mol. The van der Waals surface area contributed by atoms with Crippen molar-refractivity contribution in [3.63, 3.8) is 0 Å². The van der Waals surface area contributed by atoms with Crippen molar-refractivity contribution in [2.45, 2.75) is 19.9 Å². The zero-order chi connectivity index (χ0) is 14.4. The molecule has 20 heavy (non-hydrogen) atoms. The fraction of sp³-hybridized carbons (Fsp3) is 0.375. The van der Waals surface area contributed by atoms with Crippen LogP contribution >= 0.6 is 11.3 Å². The first kappa shape index (κ1) is 14.9. The van der Waals surface area contributed by atoms with Crippen LogP contribution in [0.25, 0.3) is 0 Å². The second-order valence-corrected chi connectivity index (χ2v) is 5.29. The first-order valence-corrected chi connectivity index (χ1v) is 7.75. The molecule has 1 atom stereocenters. The molecule has 2 aromatic rings. The van der Waals surface area contributed by atoms with Gasteiger partial charge in [-0.25, -0.2) is 0 Å². The third-order valence-corrected chi connectivity index (χ3v) is 4.04. The van der Waals surface area contributed by atoms with Crippen molar-refractivity contribution in [2.24, 2.45) is 0 Å². The smallest absolute Gasteiger partial charge is 0.134 e. The van der Waals surface area contributed by atoms with Gasteiger partial charge in [-0.2, -0.15) is 0 Å². The van der Waals surface area contributed by atoms with Gasteiger partial charge in [0.15, 0.2) is 0 Å². The van der Waals surface area contributed by atoms with Gasteiger partial charge in [0.2, 0.25) is 0 Å². The van der Waals surface area contributed by atoms with Gasteiger partial charge in [-0.1, -0.05) is 19.1 Å². The van der Waals surface area contributed by atoms with Crippen LogP contribution < -0.4 is 14.8 Å². The highest BCUT2D eigenvalue weighted by molar-refractivity contribution is 7.10. The molecule has 4 heteroatoms. The van der Waals surface area contributed by atoms with E-state index in [9.17, 15) is 0 Å². The van der Waals surface area contributed by atoms with Crippen molar-refractivity contribution in [1.82, 2.24) is 5.32 Å². The van der Waals surface area contributed by atoms with Crippen LogP contribution in [0.5, 0.6) is 11.5 Å². The molecule has 1 aromatic heterocycles. The summed E-state index contributed by atoms with van der Waals surface area (Å²) < 4.78 is 10.9. The van der Waals surface area contributed by atoms with Crippen LogP contribution in [-0.2, 0) is 0 Å². The monoisotopic (exact) mass is 291 g/mol. The molecule has 0 spiro atoms. The van der Waals surface area contributed by atoms with E-state index in [1.165, 1.54) is 10.4 Å². The topological polar surface area (TPSA) is 30.5 Å². The molecule has 0 fully saturated rings. The van der Waals surface area contributed by atoms with Gasteiger partial charge in [-0.3, -0.25) is 0 Å². The summed E-state index contributed by atoms with van der Waals surface area (Å²) in [4.78, 5) is 1.21. The first-order chi connectivity index (χ1) is 9.80. The van der Waals surface area contributed by atoms with Crippen LogP contribution in [0.2, 0.25) is 0 Å². The highest BCUT2D eigenvalue weighted by atomic mass is 32.1. The van der Waals surface area contributed by atoms with Crippen LogP contribution in [0.1, 0.15) is 30.3 Å². The largest absolute Gasteiger partial charge is 0.496 e. The van der Waals surface area contributed by atoms with Crippen molar-refractivity contribution in [3.05, 3.63) is 46.2 Å². The van der Waals surface area contributed by atoms with E-state index >= 15 is 0 Å². The molecule has 108 valence electrons. The number of ether oxygens (including phenoxy) is 2. The third-order valence-electron chi connectivity index (χ3n) is 3.07. The summed E-state index contributed by atoms with van der Waals surface area (Å²) in [5.74, 6) is 1.85. The molecule has 0 bridgehead atoms. The number of thiophene rings is 1. The predicted octanol–water partition coefficient (Wildman–Crippen LogP) is 3.85. The molecule has 0 aliphatic rings. The highest BCUT2D eigenvalue weighted by Crippen LogP contribution is 2.35. The lowest BCUT2D eigenvalue weighted by molar-refractivity contribution is 0.340. The zero-order valence-corrected chi connectivity index (χ0v) is 13.0. The average molecular weight is 291 g/mol. The van der Waals surface area contributed by atoms with Gasteiger partial charge in [0.1, 0.15) is 11.5 Å². The van der Waals surface area contributed by atoms with Gasteiger partial charge >= 0.3 is 0 Å². The van der Waals surface area contributed by atoms with Crippen molar-refractivity contribution < 1.29 is 9.47 Å². The maximum atomic E-state index is 5.49. The summed E-state index contributed by atoms with van der Waals surface area (Å²) in [5, 5.41) is 5.58. The molecule has 1 N–H and O–H groups in total. The molecule has 2 rings (SSSR count). The molecule has 1 heterocycles. The van der Waals surface area contributed by atoms with E-state index in [1.54, 1.807) is 18.4 Å². The summed E-state index contributed by atoms with van der Waals surface area (Å²) in [6.07, 6.45) is 0. The summed E-state index contributed by atoms with van der Waals surface area (Å²) in [6, 6.07) is 10.4. The Balaban J connectivity index is 2.28. The van der Waals surface area contributed by atoms with Crippen LogP contribution in [0.3, 0.4) is 0 Å². The summed E-state index contributed by atoms with van der Waals surface area (Å²) in [7, 11) is 1.72. The Morgan fingerprint density at radius 2 is 1.90 bits per heavy atom. The Morgan fingerprint density at radius 3 is 2.50 bits per heavy atom. The number of rotatable bonds is 7. The summed E-state index contributed by atoms with van der Waals surface area (Å²) >= 11 is 1.71. The maximum Gasteiger partial charge on any atom is 0.134 e. The quantitative estimate of drug-likeness (QED) is 0.840. The summed E-state index contributed by atoms with van der Waals surface area (Å²) in [6.45, 7) is 5.70. The Kier molecular flexibility index (Phi) is 5.44. The van der Waals surface area contributed by atoms with Crippen molar-refractivity contribution >= 4 is 11.3 Å². The maximum absolute atomic E-state index is 5.49. The molecule has 0 saturated carbocycles. The van der Waals surface area contributed by atoms with Gasteiger partial charge in [0, 0.05) is 0 Å². The lowest BCUT2D eigenvalue weighted by Crippen LogP contribution is -2.21. The van der Waals surface area contributed by atoms with Crippen LogP contribution in [0, 0.1) is 0 Å². The van der Waals surface area contributed by atoms with Crippen molar-refractivity contribution in [3.8, 4) is 11.5 Å². The molecule has 3 nitrogen and oxygen atoms in total. The first-order valence-electron chi connectivity index (χ1n) is 6.87.